The number of aromatic nitrogens is 4. The van der Waals surface area contributed by atoms with E-state index in [9.17, 15) is 0 Å². The summed E-state index contributed by atoms with van der Waals surface area (Å²) in [4.78, 5) is 10.6. The second-order valence-corrected chi connectivity index (χ2v) is 7.67. The normalized spacial score (nSPS) is 12.8. The Balaban J connectivity index is 1.60. The minimum Gasteiger partial charge on any atom is -0.419 e. The van der Waals surface area contributed by atoms with Crippen molar-refractivity contribution in [2.24, 2.45) is 0 Å². The van der Waals surface area contributed by atoms with Crippen molar-refractivity contribution in [2.45, 2.75) is 17.2 Å². The first-order chi connectivity index (χ1) is 10.8. The van der Waals surface area contributed by atoms with Gasteiger partial charge in [-0.3, -0.25) is 0 Å². The van der Waals surface area contributed by atoms with Crippen molar-refractivity contribution in [3.63, 3.8) is 0 Å². The molecule has 5 nitrogen and oxygen atoms in total. The maximum Gasteiger partial charge on any atom is 0.257 e. The number of hydrogen-bond acceptors (Lipinski definition) is 8. The summed E-state index contributed by atoms with van der Waals surface area (Å²) in [6.07, 6.45) is 1.60. The second-order valence-electron chi connectivity index (χ2n) is 4.50. The highest BCUT2D eigenvalue weighted by Gasteiger charge is 2.18. The maximum absolute atomic E-state index is 5.78. The van der Waals surface area contributed by atoms with E-state index >= 15 is 0 Å². The minimum atomic E-state index is 0.0270. The molecule has 0 aliphatic heterocycles. The highest BCUT2D eigenvalue weighted by atomic mass is 32.2. The molecule has 4 aromatic rings. The van der Waals surface area contributed by atoms with Crippen molar-refractivity contribution in [3.8, 4) is 10.8 Å². The van der Waals surface area contributed by atoms with E-state index in [1.165, 1.54) is 0 Å². The molecule has 4 heterocycles. The lowest BCUT2D eigenvalue weighted by Crippen LogP contribution is -1.91. The van der Waals surface area contributed by atoms with Crippen LogP contribution in [-0.2, 0) is 0 Å². The van der Waals surface area contributed by atoms with Gasteiger partial charge in [-0.2, -0.15) is 0 Å². The van der Waals surface area contributed by atoms with E-state index in [1.54, 1.807) is 40.8 Å². The van der Waals surface area contributed by atoms with Crippen molar-refractivity contribution >= 4 is 44.7 Å². The van der Waals surface area contributed by atoms with Crippen molar-refractivity contribution in [3.05, 3.63) is 41.2 Å². The van der Waals surface area contributed by atoms with E-state index in [0.717, 1.165) is 20.1 Å². The zero-order valence-corrected chi connectivity index (χ0v) is 13.9. The number of hydrogen-bond donors (Lipinski definition) is 0. The molecule has 0 radical (unpaired) electrons. The fourth-order valence-electron chi connectivity index (χ4n) is 1.98. The van der Waals surface area contributed by atoms with E-state index in [4.69, 9.17) is 4.42 Å². The molecular weight excluding hydrogens is 336 g/mol. The van der Waals surface area contributed by atoms with Gasteiger partial charge in [-0.05, 0) is 29.8 Å². The lowest BCUT2D eigenvalue weighted by molar-refractivity contribution is 0.510. The Morgan fingerprint density at radius 1 is 1.14 bits per heavy atom. The van der Waals surface area contributed by atoms with Crippen LogP contribution < -0.4 is 0 Å². The summed E-state index contributed by atoms with van der Waals surface area (Å²) >= 11 is 4.80. The van der Waals surface area contributed by atoms with E-state index in [-0.39, 0.29) is 5.25 Å². The van der Waals surface area contributed by atoms with Crippen molar-refractivity contribution < 1.29 is 4.42 Å². The molecule has 110 valence electrons. The molecule has 0 fully saturated rings. The highest BCUT2D eigenvalue weighted by molar-refractivity contribution is 7.99. The Kier molecular flexibility index (Phi) is 3.65. The molecule has 0 saturated carbocycles. The van der Waals surface area contributed by atoms with Crippen molar-refractivity contribution in [1.82, 2.24) is 20.2 Å². The van der Waals surface area contributed by atoms with Gasteiger partial charge < -0.3 is 4.42 Å². The minimum absolute atomic E-state index is 0.0270. The van der Waals surface area contributed by atoms with Crippen LogP contribution >= 0.6 is 34.4 Å². The lowest BCUT2D eigenvalue weighted by atomic mass is 10.4. The van der Waals surface area contributed by atoms with Gasteiger partial charge in [-0.1, -0.05) is 17.8 Å². The summed E-state index contributed by atoms with van der Waals surface area (Å²) in [6.45, 7) is 2.04. The molecule has 0 spiro atoms. The van der Waals surface area contributed by atoms with Gasteiger partial charge in [-0.15, -0.1) is 32.9 Å². The molecule has 0 unspecified atom stereocenters. The molecule has 0 aliphatic rings. The monoisotopic (exact) mass is 346 g/mol. The zero-order chi connectivity index (χ0) is 14.9. The third-order valence-corrected chi connectivity index (χ3v) is 5.82. The Hall–Kier alpha value is -1.77. The summed E-state index contributed by atoms with van der Waals surface area (Å²) in [5, 5.41) is 14.3. The van der Waals surface area contributed by atoms with Crippen LogP contribution in [0.4, 0.5) is 0 Å². The van der Waals surface area contributed by atoms with Crippen LogP contribution in [0.3, 0.4) is 0 Å². The average Bonchev–Trinajstić information content (AvgIpc) is 3.27. The smallest absolute Gasteiger partial charge is 0.257 e. The van der Waals surface area contributed by atoms with Crippen LogP contribution in [0.2, 0.25) is 0 Å². The quantitative estimate of drug-likeness (QED) is 0.396. The van der Waals surface area contributed by atoms with Gasteiger partial charge in [0.15, 0.2) is 0 Å². The van der Waals surface area contributed by atoms with Crippen molar-refractivity contribution in [2.75, 3.05) is 0 Å². The largest absolute Gasteiger partial charge is 0.419 e. The Labute approximate surface area is 138 Å². The van der Waals surface area contributed by atoms with Crippen LogP contribution in [0, 0.1) is 0 Å². The maximum atomic E-state index is 5.78. The first kappa shape index (κ1) is 13.9. The van der Waals surface area contributed by atoms with Gasteiger partial charge in [0, 0.05) is 5.39 Å². The van der Waals surface area contributed by atoms with Crippen LogP contribution in [0.25, 0.3) is 21.0 Å². The van der Waals surface area contributed by atoms with Crippen molar-refractivity contribution in [1.29, 1.82) is 0 Å². The van der Waals surface area contributed by atoms with Gasteiger partial charge in [0.05, 0.1) is 10.1 Å². The molecule has 0 saturated heterocycles. The SMILES string of the molecule is C[C@@H](Sc1ncnc2sccc12)c1nnc(-c2cccs2)o1. The first-order valence-corrected chi connectivity index (χ1v) is 9.17. The van der Waals surface area contributed by atoms with E-state index in [2.05, 4.69) is 20.2 Å². The third kappa shape index (κ3) is 2.53. The standard InChI is InChI=1S/C14H10N4OS3/c1-8(11-17-18-12(19-11)10-3-2-5-20-10)22-14-9-4-6-21-13(9)15-7-16-14/h2-8H,1H3/t8-/m1/s1. The molecule has 0 aliphatic carbocycles. The molecule has 1 atom stereocenters. The zero-order valence-electron chi connectivity index (χ0n) is 11.5. The molecule has 4 aromatic heterocycles. The second kappa shape index (κ2) is 5.79. The topological polar surface area (TPSA) is 64.7 Å². The predicted octanol–water partition coefficient (Wildman–Crippen LogP) is 4.66. The van der Waals surface area contributed by atoms with Crippen LogP contribution in [0.5, 0.6) is 0 Å². The summed E-state index contributed by atoms with van der Waals surface area (Å²) in [5.74, 6) is 1.18. The Morgan fingerprint density at radius 3 is 2.95 bits per heavy atom. The molecule has 8 heteroatoms. The number of fused-ring (bicyclic) bond motifs is 1. The predicted molar refractivity (Wildman–Crippen MR) is 89.3 cm³/mol. The molecule has 22 heavy (non-hydrogen) atoms. The fourth-order valence-corrected chi connectivity index (χ4v) is 4.35. The van der Waals surface area contributed by atoms with Gasteiger partial charge in [0.25, 0.3) is 5.89 Å². The van der Waals surface area contributed by atoms with Gasteiger partial charge in [0.2, 0.25) is 5.89 Å². The number of thiophene rings is 2. The summed E-state index contributed by atoms with van der Waals surface area (Å²) in [5.41, 5.74) is 0. The highest BCUT2D eigenvalue weighted by Crippen LogP contribution is 2.38. The third-order valence-electron chi connectivity index (χ3n) is 3.03. The molecular formula is C14H10N4OS3. The summed E-state index contributed by atoms with van der Waals surface area (Å²) in [6, 6.07) is 5.98. The first-order valence-electron chi connectivity index (χ1n) is 6.53. The summed E-state index contributed by atoms with van der Waals surface area (Å²) in [7, 11) is 0. The Bertz CT molecular complexity index is 900. The average molecular weight is 346 g/mol. The molecule has 0 aromatic carbocycles. The van der Waals surface area contributed by atoms with Gasteiger partial charge >= 0.3 is 0 Å². The van der Waals surface area contributed by atoms with E-state index in [0.29, 0.717) is 11.8 Å². The van der Waals surface area contributed by atoms with E-state index < -0.39 is 0 Å². The molecule has 0 bridgehead atoms. The number of rotatable bonds is 4. The number of thioether (sulfide) groups is 1. The lowest BCUT2D eigenvalue weighted by Gasteiger charge is -2.06. The molecule has 0 N–H and O–H groups in total. The molecule has 4 rings (SSSR count). The molecule has 0 amide bonds. The van der Waals surface area contributed by atoms with Gasteiger partial charge in [-0.25, -0.2) is 9.97 Å². The fraction of sp³-hybridized carbons (Fsp3) is 0.143. The van der Waals surface area contributed by atoms with Gasteiger partial charge in [0.1, 0.15) is 16.2 Å². The van der Waals surface area contributed by atoms with E-state index in [1.807, 2.05) is 35.9 Å². The summed E-state index contributed by atoms with van der Waals surface area (Å²) < 4.78 is 5.78. The van der Waals surface area contributed by atoms with Crippen LogP contribution in [0.1, 0.15) is 18.1 Å². The number of nitrogens with zero attached hydrogens (tertiary/aromatic N) is 4. The Morgan fingerprint density at radius 2 is 2.09 bits per heavy atom. The van der Waals surface area contributed by atoms with Crippen LogP contribution in [0.15, 0.2) is 44.7 Å². The van der Waals surface area contributed by atoms with Crippen LogP contribution in [-0.4, -0.2) is 20.2 Å².